The molecule has 0 aliphatic heterocycles. The number of hydrogen-bond acceptors (Lipinski definition) is 3. The van der Waals surface area contributed by atoms with Crippen molar-refractivity contribution in [2.24, 2.45) is 5.84 Å². The van der Waals surface area contributed by atoms with Crippen molar-refractivity contribution in [1.82, 2.24) is 5.43 Å². The predicted octanol–water partition coefficient (Wildman–Crippen LogP) is 4.13. The molecule has 0 spiro atoms. The molecule has 102 valence electrons. The first-order valence-electron chi connectivity index (χ1n) is 5.90. The van der Waals surface area contributed by atoms with Crippen LogP contribution < -0.4 is 11.3 Å². The first-order valence-corrected chi connectivity index (χ1v) is 7.64. The predicted molar refractivity (Wildman–Crippen MR) is 81.5 cm³/mol. The molecule has 2 rings (SSSR count). The lowest BCUT2D eigenvalue weighted by Crippen LogP contribution is -2.41. The molecule has 1 aromatic heterocycles. The van der Waals surface area contributed by atoms with E-state index in [9.17, 15) is 4.39 Å². The van der Waals surface area contributed by atoms with Crippen LogP contribution >= 0.6 is 27.3 Å². The molecule has 1 aromatic carbocycles. The van der Waals surface area contributed by atoms with Crippen LogP contribution in [-0.4, -0.2) is 0 Å². The molecule has 1 heterocycles. The first kappa shape index (κ1) is 14.7. The Hall–Kier alpha value is -0.750. The van der Waals surface area contributed by atoms with Crippen LogP contribution in [0.15, 0.2) is 39.5 Å². The van der Waals surface area contributed by atoms with Crippen LogP contribution in [0.1, 0.15) is 31.0 Å². The van der Waals surface area contributed by atoms with Crippen molar-refractivity contribution in [1.29, 1.82) is 0 Å². The average molecular weight is 343 g/mol. The second-order valence-electron chi connectivity index (χ2n) is 5.00. The van der Waals surface area contributed by atoms with Crippen LogP contribution in [-0.2, 0) is 5.41 Å². The summed E-state index contributed by atoms with van der Waals surface area (Å²) in [5, 5.41) is 4.10. The van der Waals surface area contributed by atoms with Gasteiger partial charge in [-0.25, -0.2) is 4.39 Å². The number of benzene rings is 1. The fourth-order valence-electron chi connectivity index (χ4n) is 2.23. The number of nitrogens with one attached hydrogen (secondary N) is 1. The quantitative estimate of drug-likeness (QED) is 0.647. The highest BCUT2D eigenvalue weighted by Gasteiger charge is 2.33. The summed E-state index contributed by atoms with van der Waals surface area (Å²) in [6.07, 6.45) is 0. The highest BCUT2D eigenvalue weighted by molar-refractivity contribution is 9.10. The van der Waals surface area contributed by atoms with Gasteiger partial charge in [-0.05, 0) is 44.6 Å². The molecule has 19 heavy (non-hydrogen) atoms. The van der Waals surface area contributed by atoms with Crippen molar-refractivity contribution in [3.8, 4) is 0 Å². The summed E-state index contributed by atoms with van der Waals surface area (Å²) in [5.41, 5.74) is 4.77. The number of thiophene rings is 1. The molecule has 2 nitrogen and oxygen atoms in total. The van der Waals surface area contributed by atoms with Crippen molar-refractivity contribution in [2.75, 3.05) is 0 Å². The topological polar surface area (TPSA) is 38.0 Å². The molecule has 0 saturated carbocycles. The summed E-state index contributed by atoms with van der Waals surface area (Å²) < 4.78 is 14.1. The SMILES string of the molecule is CC(C)(c1ccc(F)cc1)C(NN)c1cscc1Br. The van der Waals surface area contributed by atoms with Crippen molar-refractivity contribution in [3.05, 3.63) is 56.4 Å². The van der Waals surface area contributed by atoms with E-state index in [1.807, 2.05) is 5.38 Å². The number of halogens is 2. The van der Waals surface area contributed by atoms with E-state index in [4.69, 9.17) is 5.84 Å². The second kappa shape index (κ2) is 5.71. The number of hydrogen-bond donors (Lipinski definition) is 2. The Morgan fingerprint density at radius 1 is 1.26 bits per heavy atom. The third kappa shape index (κ3) is 2.89. The van der Waals surface area contributed by atoms with E-state index in [-0.39, 0.29) is 17.3 Å². The van der Waals surface area contributed by atoms with Crippen LogP contribution in [0.4, 0.5) is 4.39 Å². The Morgan fingerprint density at radius 2 is 1.89 bits per heavy atom. The Bertz CT molecular complexity index is 551. The van der Waals surface area contributed by atoms with E-state index in [1.165, 1.54) is 12.1 Å². The van der Waals surface area contributed by atoms with Gasteiger partial charge in [0.15, 0.2) is 0 Å². The molecule has 2 aromatic rings. The lowest BCUT2D eigenvalue weighted by Gasteiger charge is -2.34. The van der Waals surface area contributed by atoms with Gasteiger partial charge in [0.25, 0.3) is 0 Å². The van der Waals surface area contributed by atoms with E-state index in [0.29, 0.717) is 0 Å². The molecule has 0 aliphatic rings. The zero-order valence-electron chi connectivity index (χ0n) is 10.8. The fraction of sp³-hybridized carbons (Fsp3) is 0.286. The van der Waals surface area contributed by atoms with Crippen LogP contribution in [0, 0.1) is 5.82 Å². The Labute approximate surface area is 124 Å². The van der Waals surface area contributed by atoms with Crippen molar-refractivity contribution < 1.29 is 4.39 Å². The summed E-state index contributed by atoms with van der Waals surface area (Å²) in [5.74, 6) is 5.52. The van der Waals surface area contributed by atoms with Gasteiger partial charge in [-0.3, -0.25) is 11.3 Å². The van der Waals surface area contributed by atoms with Crippen molar-refractivity contribution >= 4 is 27.3 Å². The van der Waals surface area contributed by atoms with Gasteiger partial charge < -0.3 is 0 Å². The molecule has 0 bridgehead atoms. The standard InChI is InChI=1S/C14H16BrFN2S/c1-14(2,9-3-5-10(16)6-4-9)13(18-17)11-7-19-8-12(11)15/h3-8,13,18H,17H2,1-2H3. The van der Waals surface area contributed by atoms with Gasteiger partial charge in [-0.1, -0.05) is 26.0 Å². The smallest absolute Gasteiger partial charge is 0.123 e. The number of rotatable bonds is 4. The maximum absolute atomic E-state index is 13.0. The third-order valence-corrected chi connectivity index (χ3v) is 5.18. The monoisotopic (exact) mass is 342 g/mol. The molecule has 0 amide bonds. The van der Waals surface area contributed by atoms with E-state index in [2.05, 4.69) is 40.6 Å². The van der Waals surface area contributed by atoms with Crippen LogP contribution in [0.25, 0.3) is 0 Å². The fourth-order valence-corrected chi connectivity index (χ4v) is 3.78. The zero-order chi connectivity index (χ0) is 14.0. The van der Waals surface area contributed by atoms with Crippen molar-refractivity contribution in [2.45, 2.75) is 25.3 Å². The third-order valence-electron chi connectivity index (χ3n) is 3.43. The maximum atomic E-state index is 13.0. The lowest BCUT2D eigenvalue weighted by atomic mass is 9.76. The number of hydrazine groups is 1. The molecular weight excluding hydrogens is 327 g/mol. The van der Waals surface area contributed by atoms with E-state index in [0.717, 1.165) is 15.6 Å². The van der Waals surface area contributed by atoms with E-state index < -0.39 is 0 Å². The summed E-state index contributed by atoms with van der Waals surface area (Å²) in [4.78, 5) is 0. The Balaban J connectivity index is 2.41. The van der Waals surface area contributed by atoms with Gasteiger partial charge in [0.2, 0.25) is 0 Å². The second-order valence-corrected chi connectivity index (χ2v) is 6.60. The summed E-state index contributed by atoms with van der Waals surface area (Å²) >= 11 is 5.16. The molecule has 1 atom stereocenters. The Morgan fingerprint density at radius 3 is 2.37 bits per heavy atom. The van der Waals surface area contributed by atoms with Crippen LogP contribution in [0.2, 0.25) is 0 Å². The van der Waals surface area contributed by atoms with Gasteiger partial charge in [0.1, 0.15) is 5.82 Å². The normalized spacial score (nSPS) is 13.5. The minimum Gasteiger partial charge on any atom is -0.271 e. The van der Waals surface area contributed by atoms with Crippen LogP contribution in [0.5, 0.6) is 0 Å². The minimum absolute atomic E-state index is 0.0569. The first-order chi connectivity index (χ1) is 8.96. The van der Waals surface area contributed by atoms with Gasteiger partial charge >= 0.3 is 0 Å². The van der Waals surface area contributed by atoms with Gasteiger partial charge in [-0.15, -0.1) is 0 Å². The summed E-state index contributed by atoms with van der Waals surface area (Å²) in [7, 11) is 0. The molecule has 1 unspecified atom stereocenters. The van der Waals surface area contributed by atoms with Gasteiger partial charge in [0, 0.05) is 15.3 Å². The molecule has 3 N–H and O–H groups in total. The highest BCUT2D eigenvalue weighted by atomic mass is 79.9. The molecule has 0 saturated heterocycles. The minimum atomic E-state index is -0.258. The number of nitrogens with two attached hydrogens (primary N) is 1. The summed E-state index contributed by atoms with van der Waals surface area (Å²) in [6.45, 7) is 4.18. The van der Waals surface area contributed by atoms with Crippen LogP contribution in [0.3, 0.4) is 0 Å². The molecule has 0 radical (unpaired) electrons. The lowest BCUT2D eigenvalue weighted by molar-refractivity contribution is 0.352. The highest BCUT2D eigenvalue weighted by Crippen LogP contribution is 2.40. The van der Waals surface area contributed by atoms with Gasteiger partial charge in [-0.2, -0.15) is 11.3 Å². The maximum Gasteiger partial charge on any atom is 0.123 e. The zero-order valence-corrected chi connectivity index (χ0v) is 13.2. The van der Waals surface area contributed by atoms with E-state index >= 15 is 0 Å². The van der Waals surface area contributed by atoms with E-state index in [1.54, 1.807) is 23.5 Å². The largest absolute Gasteiger partial charge is 0.271 e. The van der Waals surface area contributed by atoms with Gasteiger partial charge in [0.05, 0.1) is 6.04 Å². The molecule has 5 heteroatoms. The Kier molecular flexibility index (Phi) is 4.40. The average Bonchev–Trinajstić information content (AvgIpc) is 2.77. The summed E-state index contributed by atoms with van der Waals surface area (Å²) in [6, 6.07) is 6.51. The van der Waals surface area contributed by atoms with Crippen molar-refractivity contribution in [3.63, 3.8) is 0 Å². The molecule has 0 aliphatic carbocycles. The molecule has 0 fully saturated rings. The molecular formula is C14H16BrFN2S.